The molecule has 0 aliphatic heterocycles. The zero-order valence-electron chi connectivity index (χ0n) is 13.1. The maximum atomic E-state index is 12.2. The van der Waals surface area contributed by atoms with Crippen LogP contribution >= 0.6 is 0 Å². The molecule has 0 saturated carbocycles. The molecule has 0 aliphatic rings. The van der Waals surface area contributed by atoms with Crippen LogP contribution in [0.2, 0.25) is 0 Å². The minimum Gasteiger partial charge on any atom is -0.468 e. The second kappa shape index (κ2) is 8.21. The molecule has 1 aromatic carbocycles. The molecular formula is C16H18N2O5. The molecule has 0 bridgehead atoms. The summed E-state index contributed by atoms with van der Waals surface area (Å²) in [4.78, 5) is 20.1. The van der Waals surface area contributed by atoms with Crippen LogP contribution in [0, 0.1) is 0 Å². The standard InChI is InChI=1S/C16H18N2O5/c1-20-15(19)14(16(21-2)22-3)11-6-4-5-7-12(11)23-13-8-9-17-10-18-13/h4-10,14,16H,1-3H3. The van der Waals surface area contributed by atoms with Gasteiger partial charge in [-0.25, -0.2) is 9.97 Å². The van der Waals surface area contributed by atoms with E-state index in [-0.39, 0.29) is 0 Å². The molecule has 1 unspecified atom stereocenters. The van der Waals surface area contributed by atoms with Crippen molar-refractivity contribution in [3.63, 3.8) is 0 Å². The molecule has 2 rings (SSSR count). The average molecular weight is 318 g/mol. The molecule has 7 nitrogen and oxygen atoms in total. The van der Waals surface area contributed by atoms with Crippen molar-refractivity contribution in [3.8, 4) is 11.6 Å². The third-order valence-electron chi connectivity index (χ3n) is 3.22. The molecular weight excluding hydrogens is 300 g/mol. The van der Waals surface area contributed by atoms with Gasteiger partial charge in [0.15, 0.2) is 6.29 Å². The fraction of sp³-hybridized carbons (Fsp3) is 0.312. The van der Waals surface area contributed by atoms with Crippen LogP contribution in [-0.4, -0.2) is 43.6 Å². The van der Waals surface area contributed by atoms with E-state index in [0.717, 1.165) is 0 Å². The minimum absolute atomic E-state index is 0.363. The van der Waals surface area contributed by atoms with Crippen LogP contribution in [0.25, 0.3) is 0 Å². The van der Waals surface area contributed by atoms with Gasteiger partial charge in [-0.3, -0.25) is 4.79 Å². The van der Waals surface area contributed by atoms with Crippen LogP contribution in [0.3, 0.4) is 0 Å². The topological polar surface area (TPSA) is 79.8 Å². The summed E-state index contributed by atoms with van der Waals surface area (Å²) in [5.74, 6) is -0.464. The highest BCUT2D eigenvalue weighted by Gasteiger charge is 2.33. The first-order valence-electron chi connectivity index (χ1n) is 6.87. The molecule has 7 heteroatoms. The highest BCUT2D eigenvalue weighted by molar-refractivity contribution is 5.79. The summed E-state index contributed by atoms with van der Waals surface area (Å²) in [7, 11) is 4.22. The van der Waals surface area contributed by atoms with E-state index < -0.39 is 18.2 Å². The number of carbonyl (C=O) groups excluding carboxylic acids is 1. The van der Waals surface area contributed by atoms with E-state index in [2.05, 4.69) is 9.97 Å². The van der Waals surface area contributed by atoms with Crippen molar-refractivity contribution in [2.24, 2.45) is 0 Å². The number of hydrogen-bond donors (Lipinski definition) is 0. The smallest absolute Gasteiger partial charge is 0.318 e. The lowest BCUT2D eigenvalue weighted by Gasteiger charge is -2.24. The van der Waals surface area contributed by atoms with Gasteiger partial charge in [0.2, 0.25) is 5.88 Å². The first kappa shape index (κ1) is 16.9. The molecule has 0 spiro atoms. The molecule has 0 aliphatic carbocycles. The van der Waals surface area contributed by atoms with Crippen molar-refractivity contribution in [1.29, 1.82) is 0 Å². The highest BCUT2D eigenvalue weighted by Crippen LogP contribution is 2.33. The van der Waals surface area contributed by atoms with Gasteiger partial charge >= 0.3 is 5.97 Å². The molecule has 1 heterocycles. The number of aromatic nitrogens is 2. The van der Waals surface area contributed by atoms with Crippen LogP contribution in [0.1, 0.15) is 11.5 Å². The Balaban J connectivity index is 2.41. The Kier molecular flexibility index (Phi) is 6.02. The van der Waals surface area contributed by atoms with Crippen molar-refractivity contribution >= 4 is 5.97 Å². The van der Waals surface area contributed by atoms with Crippen molar-refractivity contribution in [3.05, 3.63) is 48.4 Å². The van der Waals surface area contributed by atoms with Crippen molar-refractivity contribution in [2.75, 3.05) is 21.3 Å². The Labute approximate surface area is 134 Å². The first-order valence-corrected chi connectivity index (χ1v) is 6.87. The second-order valence-corrected chi connectivity index (χ2v) is 4.53. The molecule has 122 valence electrons. The van der Waals surface area contributed by atoms with E-state index in [1.165, 1.54) is 27.7 Å². The van der Waals surface area contributed by atoms with Gasteiger partial charge in [-0.2, -0.15) is 0 Å². The van der Waals surface area contributed by atoms with Crippen LogP contribution in [0.4, 0.5) is 0 Å². The van der Waals surface area contributed by atoms with E-state index >= 15 is 0 Å². The number of ether oxygens (including phenoxy) is 4. The zero-order chi connectivity index (χ0) is 16.7. The van der Waals surface area contributed by atoms with Crippen LogP contribution in [-0.2, 0) is 19.0 Å². The third-order valence-corrected chi connectivity index (χ3v) is 3.22. The minimum atomic E-state index is -0.808. The van der Waals surface area contributed by atoms with E-state index in [1.807, 2.05) is 0 Å². The monoisotopic (exact) mass is 318 g/mol. The normalized spacial score (nSPS) is 12.0. The molecule has 23 heavy (non-hydrogen) atoms. The highest BCUT2D eigenvalue weighted by atomic mass is 16.7. The van der Waals surface area contributed by atoms with Crippen molar-refractivity contribution in [1.82, 2.24) is 9.97 Å². The van der Waals surface area contributed by atoms with E-state index in [1.54, 1.807) is 36.5 Å². The zero-order valence-corrected chi connectivity index (χ0v) is 13.1. The lowest BCUT2D eigenvalue weighted by molar-refractivity contribution is -0.163. The summed E-state index contributed by atoms with van der Waals surface area (Å²) in [6.07, 6.45) is 2.14. The number of para-hydroxylation sites is 1. The van der Waals surface area contributed by atoms with Gasteiger partial charge in [0.25, 0.3) is 0 Å². The summed E-state index contributed by atoms with van der Waals surface area (Å²) in [5, 5.41) is 0. The van der Waals surface area contributed by atoms with E-state index in [4.69, 9.17) is 18.9 Å². The number of rotatable bonds is 7. The molecule has 1 aromatic heterocycles. The predicted molar refractivity (Wildman–Crippen MR) is 81.1 cm³/mol. The number of carbonyl (C=O) groups is 1. The van der Waals surface area contributed by atoms with Gasteiger partial charge in [-0.05, 0) is 6.07 Å². The van der Waals surface area contributed by atoms with Gasteiger partial charge in [0.1, 0.15) is 18.0 Å². The second-order valence-electron chi connectivity index (χ2n) is 4.53. The molecule has 1 atom stereocenters. The maximum Gasteiger partial charge on any atom is 0.318 e. The van der Waals surface area contributed by atoms with E-state index in [0.29, 0.717) is 17.2 Å². The number of hydrogen-bond acceptors (Lipinski definition) is 7. The summed E-state index contributed by atoms with van der Waals surface area (Å²) < 4.78 is 21.1. The van der Waals surface area contributed by atoms with Gasteiger partial charge in [0, 0.05) is 32.0 Å². The lowest BCUT2D eigenvalue weighted by atomic mass is 9.97. The molecule has 2 aromatic rings. The molecule has 0 radical (unpaired) electrons. The van der Waals surface area contributed by atoms with Crippen LogP contribution in [0.15, 0.2) is 42.9 Å². The maximum absolute atomic E-state index is 12.2. The average Bonchev–Trinajstić information content (AvgIpc) is 2.60. The fourth-order valence-corrected chi connectivity index (χ4v) is 2.16. The van der Waals surface area contributed by atoms with Gasteiger partial charge in [-0.15, -0.1) is 0 Å². The summed E-state index contributed by atoms with van der Waals surface area (Å²) >= 11 is 0. The molecule has 0 amide bonds. The third kappa shape index (κ3) is 4.02. The number of nitrogens with zero attached hydrogens (tertiary/aromatic N) is 2. The van der Waals surface area contributed by atoms with Crippen LogP contribution < -0.4 is 4.74 Å². The quantitative estimate of drug-likeness (QED) is 0.571. The van der Waals surface area contributed by atoms with Gasteiger partial charge < -0.3 is 18.9 Å². The fourth-order valence-electron chi connectivity index (χ4n) is 2.16. The molecule has 0 N–H and O–H groups in total. The Morgan fingerprint density at radius 2 is 1.83 bits per heavy atom. The Morgan fingerprint density at radius 3 is 2.43 bits per heavy atom. The summed E-state index contributed by atoms with van der Waals surface area (Å²) in [6.45, 7) is 0. The largest absolute Gasteiger partial charge is 0.468 e. The van der Waals surface area contributed by atoms with Crippen molar-refractivity contribution in [2.45, 2.75) is 12.2 Å². The van der Waals surface area contributed by atoms with Gasteiger partial charge in [-0.1, -0.05) is 18.2 Å². The number of benzene rings is 1. The van der Waals surface area contributed by atoms with E-state index in [9.17, 15) is 4.79 Å². The number of esters is 1. The number of methoxy groups -OCH3 is 3. The van der Waals surface area contributed by atoms with Gasteiger partial charge in [0.05, 0.1) is 7.11 Å². The van der Waals surface area contributed by atoms with Crippen LogP contribution in [0.5, 0.6) is 11.6 Å². The predicted octanol–water partition coefficient (Wildman–Crippen LogP) is 2.14. The summed E-state index contributed by atoms with van der Waals surface area (Å²) in [6, 6.07) is 8.69. The Morgan fingerprint density at radius 1 is 1.09 bits per heavy atom. The Hall–Kier alpha value is -2.51. The Bertz CT molecular complexity index is 631. The SMILES string of the molecule is COC(=O)C(c1ccccc1Oc1ccncn1)C(OC)OC. The van der Waals surface area contributed by atoms with Crippen molar-refractivity contribution < 1.29 is 23.7 Å². The summed E-state index contributed by atoms with van der Waals surface area (Å²) in [5.41, 5.74) is 0.576. The molecule has 0 fully saturated rings. The molecule has 0 saturated heterocycles. The first-order chi connectivity index (χ1) is 11.2. The lowest BCUT2D eigenvalue weighted by Crippen LogP contribution is -2.30.